The van der Waals surface area contributed by atoms with Gasteiger partial charge in [0.25, 0.3) is 5.91 Å². The van der Waals surface area contributed by atoms with Crippen molar-refractivity contribution in [1.29, 1.82) is 0 Å². The Morgan fingerprint density at radius 3 is 2.11 bits per heavy atom. The molecule has 1 heterocycles. The Morgan fingerprint density at radius 2 is 1.51 bits per heavy atom. The Balaban J connectivity index is 1.70. The minimum atomic E-state index is -2.35. The summed E-state index contributed by atoms with van der Waals surface area (Å²) in [5, 5.41) is 0. The first-order chi connectivity index (χ1) is 17.6. The third-order valence-electron chi connectivity index (χ3n) is 7.31. The zero-order valence-corrected chi connectivity index (χ0v) is 19.9. The van der Waals surface area contributed by atoms with Gasteiger partial charge in [-0.3, -0.25) is 9.59 Å². The van der Waals surface area contributed by atoms with Crippen molar-refractivity contribution >= 4 is 11.7 Å². The number of allylic oxidation sites excluding steroid dienone is 2. The van der Waals surface area contributed by atoms with Gasteiger partial charge in [0.2, 0.25) is 11.6 Å². The Labute approximate surface area is 207 Å². The standard InChI is InChI=1S/C26H20F5NO5/c1-35-16-7-11-6-14-13-8-15(33)18(37-3)10-26(13,12(11)9-17(16)36-2)4-5-32(14)25(34)19-20(27)22(29)24(31)23(30)21(19)28/h7-10,14H,4-6H2,1-3H3. The summed E-state index contributed by atoms with van der Waals surface area (Å²) in [5.74, 6) is -12.1. The Hall–Kier alpha value is -3.89. The molecule has 6 nitrogen and oxygen atoms in total. The van der Waals surface area contributed by atoms with Crippen LogP contribution in [-0.2, 0) is 21.4 Å². The summed E-state index contributed by atoms with van der Waals surface area (Å²) >= 11 is 0. The number of carbonyl (C=O) groups excluding carboxylic acids is 2. The fourth-order valence-corrected chi connectivity index (χ4v) is 5.59. The highest BCUT2D eigenvalue weighted by molar-refractivity contribution is 6.05. The van der Waals surface area contributed by atoms with E-state index in [2.05, 4.69) is 0 Å². The molecule has 1 saturated heterocycles. The van der Waals surface area contributed by atoms with Gasteiger partial charge in [-0.25, -0.2) is 22.0 Å². The smallest absolute Gasteiger partial charge is 0.260 e. The number of ketones is 1. The number of nitrogens with zero attached hydrogens (tertiary/aromatic N) is 1. The van der Waals surface area contributed by atoms with E-state index in [9.17, 15) is 31.5 Å². The molecular formula is C26H20F5NO5. The number of carbonyl (C=O) groups is 2. The lowest BCUT2D eigenvalue weighted by molar-refractivity contribution is -0.114. The molecule has 37 heavy (non-hydrogen) atoms. The van der Waals surface area contributed by atoms with Crippen molar-refractivity contribution < 1.29 is 45.8 Å². The van der Waals surface area contributed by atoms with E-state index in [0.29, 0.717) is 22.6 Å². The predicted octanol–water partition coefficient (Wildman–Crippen LogP) is 4.15. The van der Waals surface area contributed by atoms with Gasteiger partial charge in [-0.05, 0) is 53.8 Å². The van der Waals surface area contributed by atoms with Crippen LogP contribution in [0.4, 0.5) is 22.0 Å². The minimum absolute atomic E-state index is 0.0738. The molecule has 11 heteroatoms. The first-order valence-electron chi connectivity index (χ1n) is 11.2. The van der Waals surface area contributed by atoms with Gasteiger partial charge >= 0.3 is 0 Å². The summed E-state index contributed by atoms with van der Waals surface area (Å²) < 4.78 is 86.6. The predicted molar refractivity (Wildman–Crippen MR) is 119 cm³/mol. The van der Waals surface area contributed by atoms with E-state index in [1.54, 1.807) is 18.2 Å². The monoisotopic (exact) mass is 521 g/mol. The lowest BCUT2D eigenvalue weighted by Gasteiger charge is -2.53. The SMILES string of the molecule is COC1=CC23CCN(C(=O)c4c(F)c(F)c(F)c(F)c4F)C(Cc4cc(OC)c(OC)cc42)C3=CC1=O. The number of hydrogen-bond donors (Lipinski definition) is 0. The fraction of sp³-hybridized carbons (Fsp3) is 0.308. The van der Waals surface area contributed by atoms with Gasteiger partial charge in [-0.1, -0.05) is 0 Å². The molecule has 2 atom stereocenters. The van der Waals surface area contributed by atoms with Crippen molar-refractivity contribution in [3.63, 3.8) is 0 Å². The third-order valence-corrected chi connectivity index (χ3v) is 7.31. The van der Waals surface area contributed by atoms with E-state index in [1.165, 1.54) is 27.4 Å². The summed E-state index contributed by atoms with van der Waals surface area (Å²) in [6.45, 7) is -0.101. The molecule has 2 unspecified atom stereocenters. The highest BCUT2D eigenvalue weighted by Crippen LogP contribution is 2.54. The van der Waals surface area contributed by atoms with E-state index in [4.69, 9.17) is 14.2 Å². The van der Waals surface area contributed by atoms with Crippen LogP contribution in [0, 0.1) is 29.1 Å². The first kappa shape index (κ1) is 24.8. The summed E-state index contributed by atoms with van der Waals surface area (Å²) in [6, 6.07) is 2.54. The topological polar surface area (TPSA) is 65.1 Å². The third kappa shape index (κ3) is 3.36. The van der Waals surface area contributed by atoms with Gasteiger partial charge in [-0.2, -0.15) is 0 Å². The average Bonchev–Trinajstić information content (AvgIpc) is 2.89. The van der Waals surface area contributed by atoms with Crippen LogP contribution in [0.1, 0.15) is 27.9 Å². The van der Waals surface area contributed by atoms with Gasteiger partial charge in [0.1, 0.15) is 5.56 Å². The number of ether oxygens (including phenoxy) is 3. The largest absolute Gasteiger partial charge is 0.493 e. The van der Waals surface area contributed by atoms with E-state index >= 15 is 0 Å². The van der Waals surface area contributed by atoms with Crippen molar-refractivity contribution in [2.24, 2.45) is 0 Å². The van der Waals surface area contributed by atoms with Crippen LogP contribution in [-0.4, -0.2) is 50.5 Å². The maximum atomic E-state index is 14.5. The summed E-state index contributed by atoms with van der Waals surface area (Å²) in [6.07, 6.45) is 3.18. The van der Waals surface area contributed by atoms with Gasteiger partial charge in [0.15, 0.2) is 40.5 Å². The summed E-state index contributed by atoms with van der Waals surface area (Å²) in [5.41, 5.74) is -0.585. The highest BCUT2D eigenvalue weighted by atomic mass is 19.2. The van der Waals surface area contributed by atoms with Crippen LogP contribution in [0.15, 0.2) is 35.6 Å². The summed E-state index contributed by atoms with van der Waals surface area (Å²) in [4.78, 5) is 27.1. The van der Waals surface area contributed by atoms with Crippen LogP contribution in [0.5, 0.6) is 11.5 Å². The number of hydrogen-bond acceptors (Lipinski definition) is 5. The fourth-order valence-electron chi connectivity index (χ4n) is 5.59. The van der Waals surface area contributed by atoms with Crippen LogP contribution in [0.2, 0.25) is 0 Å². The molecule has 2 aliphatic carbocycles. The maximum Gasteiger partial charge on any atom is 0.260 e. The number of rotatable bonds is 4. The number of methoxy groups -OCH3 is 3. The van der Waals surface area contributed by atoms with E-state index in [-0.39, 0.29) is 25.1 Å². The molecule has 1 aliphatic heterocycles. The molecule has 1 fully saturated rings. The van der Waals surface area contributed by atoms with Crippen molar-refractivity contribution in [3.05, 3.63) is 81.4 Å². The molecule has 5 rings (SSSR count). The maximum absolute atomic E-state index is 14.5. The number of fused-ring (bicyclic) bond motifs is 1. The second kappa shape index (κ2) is 8.60. The van der Waals surface area contributed by atoms with Gasteiger partial charge < -0.3 is 19.1 Å². The zero-order chi connectivity index (χ0) is 26.8. The highest BCUT2D eigenvalue weighted by Gasteiger charge is 2.53. The number of likely N-dealkylation sites (tertiary alicyclic amines) is 1. The molecule has 0 spiro atoms. The molecule has 2 bridgehead atoms. The second-order valence-corrected chi connectivity index (χ2v) is 8.93. The molecule has 0 saturated carbocycles. The number of halogens is 5. The lowest BCUT2D eigenvalue weighted by atomic mass is 9.58. The Bertz CT molecular complexity index is 1410. The van der Waals surface area contributed by atoms with Crippen LogP contribution in [0.3, 0.4) is 0 Å². The van der Waals surface area contributed by atoms with Crippen LogP contribution < -0.4 is 9.47 Å². The Morgan fingerprint density at radius 1 is 0.919 bits per heavy atom. The summed E-state index contributed by atoms with van der Waals surface area (Å²) in [7, 11) is 4.26. The number of piperidine rings is 1. The molecule has 3 aliphatic rings. The Kier molecular flexibility index (Phi) is 5.76. The van der Waals surface area contributed by atoms with Crippen LogP contribution >= 0.6 is 0 Å². The van der Waals surface area contributed by atoms with Crippen molar-refractivity contribution in [1.82, 2.24) is 4.90 Å². The molecule has 0 N–H and O–H groups in total. The lowest BCUT2D eigenvalue weighted by Crippen LogP contribution is -2.57. The quantitative estimate of drug-likeness (QED) is 0.344. The van der Waals surface area contributed by atoms with Gasteiger partial charge in [0.05, 0.1) is 27.4 Å². The van der Waals surface area contributed by atoms with Gasteiger partial charge in [0, 0.05) is 12.0 Å². The van der Waals surface area contributed by atoms with Crippen LogP contribution in [0.25, 0.3) is 0 Å². The molecular weight excluding hydrogens is 501 g/mol. The molecule has 194 valence electrons. The first-order valence-corrected chi connectivity index (χ1v) is 11.2. The van der Waals surface area contributed by atoms with E-state index in [0.717, 1.165) is 10.5 Å². The molecule has 2 aromatic rings. The number of amides is 1. The van der Waals surface area contributed by atoms with Crippen molar-refractivity contribution in [2.45, 2.75) is 24.3 Å². The molecule has 0 aromatic heterocycles. The molecule has 0 radical (unpaired) electrons. The van der Waals surface area contributed by atoms with E-state index < -0.39 is 57.8 Å². The van der Waals surface area contributed by atoms with Gasteiger partial charge in [-0.15, -0.1) is 0 Å². The van der Waals surface area contributed by atoms with Crippen molar-refractivity contribution in [2.75, 3.05) is 27.9 Å². The molecule has 1 amide bonds. The minimum Gasteiger partial charge on any atom is -0.493 e. The van der Waals surface area contributed by atoms with E-state index in [1.807, 2.05) is 0 Å². The van der Waals surface area contributed by atoms with Crippen molar-refractivity contribution in [3.8, 4) is 11.5 Å². The normalized spacial score (nSPS) is 22.0. The zero-order valence-electron chi connectivity index (χ0n) is 19.9. The second-order valence-electron chi connectivity index (χ2n) is 8.93. The number of benzene rings is 2. The molecule has 2 aromatic carbocycles. The average molecular weight is 521 g/mol.